The van der Waals surface area contributed by atoms with Gasteiger partial charge in [-0.2, -0.15) is 0 Å². The maximum absolute atomic E-state index is 13.6. The largest absolute Gasteiger partial charge is 0.320 e. The molecule has 0 spiro atoms. The van der Waals surface area contributed by atoms with Crippen LogP contribution in [0.1, 0.15) is 15.9 Å². The predicted octanol–water partition coefficient (Wildman–Crippen LogP) is 3.43. The molecule has 0 bridgehead atoms. The lowest BCUT2D eigenvalue weighted by Crippen LogP contribution is -2.13. The molecule has 1 amide bonds. The smallest absolute Gasteiger partial charge is 0.258 e. The van der Waals surface area contributed by atoms with E-state index in [1.165, 1.54) is 18.3 Å². The van der Waals surface area contributed by atoms with E-state index in [2.05, 4.69) is 10.3 Å². The summed E-state index contributed by atoms with van der Waals surface area (Å²) in [7, 11) is 0. The summed E-state index contributed by atoms with van der Waals surface area (Å²) in [6.07, 6.45) is 1.41. The fourth-order valence-electron chi connectivity index (χ4n) is 1.45. The van der Waals surface area contributed by atoms with Crippen LogP contribution in [-0.4, -0.2) is 10.9 Å². The molecule has 18 heavy (non-hydrogen) atoms. The fraction of sp³-hybridized carbons (Fsp3) is 0.0769. The Labute approximate surface area is 109 Å². The Kier molecular flexibility index (Phi) is 3.58. The summed E-state index contributed by atoms with van der Waals surface area (Å²) in [5.74, 6) is -1.06. The molecule has 0 aliphatic carbocycles. The molecule has 1 aromatic heterocycles. The first-order chi connectivity index (χ1) is 8.56. The molecule has 1 heterocycles. The summed E-state index contributed by atoms with van der Waals surface area (Å²) < 4.78 is 13.6. The number of aryl methyl sites for hydroxylation is 1. The Hall–Kier alpha value is -1.94. The van der Waals surface area contributed by atoms with Crippen LogP contribution in [0, 0.1) is 12.7 Å². The summed E-state index contributed by atoms with van der Waals surface area (Å²) in [4.78, 5) is 15.6. The van der Waals surface area contributed by atoms with E-state index in [0.29, 0.717) is 10.8 Å². The number of halogens is 2. The van der Waals surface area contributed by atoms with Gasteiger partial charge in [-0.15, -0.1) is 0 Å². The van der Waals surface area contributed by atoms with Crippen LogP contribution >= 0.6 is 11.6 Å². The third-order valence-electron chi connectivity index (χ3n) is 2.35. The third-order valence-corrected chi connectivity index (χ3v) is 2.58. The summed E-state index contributed by atoms with van der Waals surface area (Å²) in [6, 6.07) is 7.58. The molecule has 1 aromatic carbocycles. The zero-order valence-corrected chi connectivity index (χ0v) is 10.3. The molecular formula is C13H10ClFN2O. The van der Waals surface area contributed by atoms with Crippen molar-refractivity contribution in [2.75, 3.05) is 5.32 Å². The highest BCUT2D eigenvalue weighted by molar-refractivity contribution is 6.29. The van der Waals surface area contributed by atoms with Crippen LogP contribution in [0.4, 0.5) is 10.1 Å². The molecule has 0 aliphatic heterocycles. The van der Waals surface area contributed by atoms with E-state index in [9.17, 15) is 9.18 Å². The highest BCUT2D eigenvalue weighted by Crippen LogP contribution is 2.14. The molecule has 2 rings (SSSR count). The molecule has 0 atom stereocenters. The summed E-state index contributed by atoms with van der Waals surface area (Å²) in [5, 5.41) is 2.87. The van der Waals surface area contributed by atoms with Crippen LogP contribution in [0.3, 0.4) is 0 Å². The van der Waals surface area contributed by atoms with Crippen molar-refractivity contribution >= 4 is 23.2 Å². The van der Waals surface area contributed by atoms with Crippen LogP contribution < -0.4 is 5.32 Å². The number of aromatic nitrogens is 1. The molecular weight excluding hydrogens is 255 g/mol. The van der Waals surface area contributed by atoms with Gasteiger partial charge in [0.25, 0.3) is 5.91 Å². The highest BCUT2D eigenvalue weighted by Gasteiger charge is 2.11. The number of hydrogen-bond acceptors (Lipinski definition) is 2. The van der Waals surface area contributed by atoms with Gasteiger partial charge in [0.15, 0.2) is 0 Å². The number of hydrogen-bond donors (Lipinski definition) is 1. The number of carbonyl (C=O) groups is 1. The zero-order chi connectivity index (χ0) is 13.1. The van der Waals surface area contributed by atoms with Crippen LogP contribution in [0.5, 0.6) is 0 Å². The maximum Gasteiger partial charge on any atom is 0.258 e. The van der Waals surface area contributed by atoms with Crippen LogP contribution in [-0.2, 0) is 0 Å². The standard InChI is InChI=1S/C13H10ClFN2O/c1-8-2-4-10(11(15)6-8)13(18)17-9-3-5-12(14)16-7-9/h2-7H,1H3,(H,17,18). The number of anilines is 1. The van der Waals surface area contributed by atoms with Gasteiger partial charge in [-0.25, -0.2) is 9.37 Å². The molecule has 0 unspecified atom stereocenters. The van der Waals surface area contributed by atoms with E-state index in [1.54, 1.807) is 25.1 Å². The van der Waals surface area contributed by atoms with Gasteiger partial charge in [-0.1, -0.05) is 17.7 Å². The van der Waals surface area contributed by atoms with Crippen molar-refractivity contribution in [3.8, 4) is 0 Å². The normalized spacial score (nSPS) is 10.2. The van der Waals surface area contributed by atoms with E-state index in [1.807, 2.05) is 0 Å². The number of pyridine rings is 1. The Morgan fingerprint density at radius 2 is 2.11 bits per heavy atom. The van der Waals surface area contributed by atoms with Crippen LogP contribution in [0.2, 0.25) is 5.15 Å². The number of rotatable bonds is 2. The number of amides is 1. The lowest BCUT2D eigenvalue weighted by molar-refractivity contribution is 0.102. The second-order valence-corrected chi connectivity index (χ2v) is 4.19. The van der Waals surface area contributed by atoms with Gasteiger partial charge in [0.2, 0.25) is 0 Å². The van der Waals surface area contributed by atoms with Crippen molar-refractivity contribution in [1.82, 2.24) is 4.98 Å². The van der Waals surface area contributed by atoms with Crippen LogP contribution in [0.15, 0.2) is 36.5 Å². The van der Waals surface area contributed by atoms with Gasteiger partial charge in [0, 0.05) is 0 Å². The first kappa shape index (κ1) is 12.5. The maximum atomic E-state index is 13.6. The quantitative estimate of drug-likeness (QED) is 0.845. The fourth-order valence-corrected chi connectivity index (χ4v) is 1.56. The van der Waals surface area contributed by atoms with Crippen molar-refractivity contribution in [3.63, 3.8) is 0 Å². The molecule has 0 saturated heterocycles. The van der Waals surface area contributed by atoms with E-state index >= 15 is 0 Å². The predicted molar refractivity (Wildman–Crippen MR) is 68.3 cm³/mol. The molecule has 0 fully saturated rings. The van der Waals surface area contributed by atoms with Gasteiger partial charge >= 0.3 is 0 Å². The lowest BCUT2D eigenvalue weighted by Gasteiger charge is -2.06. The van der Waals surface area contributed by atoms with Crippen LogP contribution in [0.25, 0.3) is 0 Å². The minimum Gasteiger partial charge on any atom is -0.320 e. The molecule has 2 aromatic rings. The molecule has 5 heteroatoms. The number of carbonyl (C=O) groups excluding carboxylic acids is 1. The Morgan fingerprint density at radius 1 is 1.33 bits per heavy atom. The topological polar surface area (TPSA) is 42.0 Å². The van der Waals surface area contributed by atoms with Gasteiger partial charge in [0.05, 0.1) is 17.4 Å². The monoisotopic (exact) mass is 264 g/mol. The van der Waals surface area contributed by atoms with Gasteiger partial charge < -0.3 is 5.32 Å². The first-order valence-electron chi connectivity index (χ1n) is 5.25. The molecule has 3 nitrogen and oxygen atoms in total. The second kappa shape index (κ2) is 5.14. The van der Waals surface area contributed by atoms with Crippen molar-refractivity contribution in [3.05, 3.63) is 58.6 Å². The van der Waals surface area contributed by atoms with Crippen molar-refractivity contribution in [2.45, 2.75) is 6.92 Å². The first-order valence-corrected chi connectivity index (χ1v) is 5.63. The average molecular weight is 265 g/mol. The minimum atomic E-state index is -0.547. The molecule has 1 N–H and O–H groups in total. The zero-order valence-electron chi connectivity index (χ0n) is 9.58. The van der Waals surface area contributed by atoms with Gasteiger partial charge in [-0.05, 0) is 36.8 Å². The summed E-state index contributed by atoms with van der Waals surface area (Å²) in [6.45, 7) is 1.76. The Morgan fingerprint density at radius 3 is 2.72 bits per heavy atom. The average Bonchev–Trinajstić information content (AvgIpc) is 2.32. The SMILES string of the molecule is Cc1ccc(C(=O)Nc2ccc(Cl)nc2)c(F)c1. The molecule has 0 saturated carbocycles. The lowest BCUT2D eigenvalue weighted by atomic mass is 10.1. The van der Waals surface area contributed by atoms with Crippen molar-refractivity contribution in [1.29, 1.82) is 0 Å². The Bertz CT molecular complexity index is 584. The third kappa shape index (κ3) is 2.84. The molecule has 0 aliphatic rings. The number of nitrogens with one attached hydrogen (secondary N) is 1. The van der Waals surface area contributed by atoms with E-state index in [4.69, 9.17) is 11.6 Å². The van der Waals surface area contributed by atoms with Crippen molar-refractivity contribution in [2.24, 2.45) is 0 Å². The van der Waals surface area contributed by atoms with Gasteiger partial charge in [0.1, 0.15) is 11.0 Å². The molecule has 0 radical (unpaired) electrons. The van der Waals surface area contributed by atoms with Gasteiger partial charge in [-0.3, -0.25) is 4.79 Å². The summed E-state index contributed by atoms with van der Waals surface area (Å²) in [5.41, 5.74) is 1.22. The second-order valence-electron chi connectivity index (χ2n) is 3.81. The highest BCUT2D eigenvalue weighted by atomic mass is 35.5. The number of benzene rings is 1. The van der Waals surface area contributed by atoms with E-state index < -0.39 is 11.7 Å². The number of nitrogens with zero attached hydrogens (tertiary/aromatic N) is 1. The van der Waals surface area contributed by atoms with E-state index in [-0.39, 0.29) is 5.56 Å². The van der Waals surface area contributed by atoms with E-state index in [0.717, 1.165) is 5.56 Å². The van der Waals surface area contributed by atoms with Crippen molar-refractivity contribution < 1.29 is 9.18 Å². The Balaban J connectivity index is 2.19. The summed E-state index contributed by atoms with van der Waals surface area (Å²) >= 11 is 5.62. The minimum absolute atomic E-state index is 0.00412. The molecule has 92 valence electrons.